The lowest BCUT2D eigenvalue weighted by Crippen LogP contribution is -2.53. The third-order valence-corrected chi connectivity index (χ3v) is 4.07. The average molecular weight is 214 g/mol. The lowest BCUT2D eigenvalue weighted by atomic mass is 9.59. The van der Waals surface area contributed by atoms with Crippen LogP contribution in [0.15, 0.2) is 0 Å². The van der Waals surface area contributed by atoms with Crippen LogP contribution in [0.25, 0.3) is 0 Å². The van der Waals surface area contributed by atoms with Gasteiger partial charge in [0.1, 0.15) is 0 Å². The molecule has 1 aliphatic carbocycles. The summed E-state index contributed by atoms with van der Waals surface area (Å²) in [6, 6.07) is 0. The zero-order valence-corrected chi connectivity index (χ0v) is 10.2. The number of carbonyl (C=O) groups is 1. The standard InChI is InChI=1S/C12H22O3/c1-9-6-5-7-11(2,3)12(9,14)8-10(13)15-4/h9,14H,5-8H2,1-4H3/t9-,12?/m1/s1. The van der Waals surface area contributed by atoms with E-state index in [-0.39, 0.29) is 23.7 Å². The highest BCUT2D eigenvalue weighted by atomic mass is 16.5. The van der Waals surface area contributed by atoms with Crippen LogP contribution in [-0.2, 0) is 9.53 Å². The Bertz CT molecular complexity index is 247. The molecule has 1 N–H and O–H groups in total. The molecule has 1 saturated carbocycles. The van der Waals surface area contributed by atoms with Crippen molar-refractivity contribution in [3.05, 3.63) is 0 Å². The lowest BCUT2D eigenvalue weighted by Gasteiger charge is -2.50. The fraction of sp³-hybridized carbons (Fsp3) is 0.917. The van der Waals surface area contributed by atoms with Crippen LogP contribution in [0.4, 0.5) is 0 Å². The Kier molecular flexibility index (Phi) is 3.44. The SMILES string of the molecule is COC(=O)CC1(O)[C@H](C)CCCC1(C)C. The van der Waals surface area contributed by atoms with Gasteiger partial charge in [0.05, 0.1) is 19.1 Å². The lowest BCUT2D eigenvalue weighted by molar-refractivity contribution is -0.168. The van der Waals surface area contributed by atoms with Gasteiger partial charge >= 0.3 is 5.97 Å². The van der Waals surface area contributed by atoms with E-state index in [0.717, 1.165) is 19.3 Å². The maximum absolute atomic E-state index is 11.3. The molecular weight excluding hydrogens is 192 g/mol. The van der Waals surface area contributed by atoms with E-state index in [0.29, 0.717) is 0 Å². The number of methoxy groups -OCH3 is 1. The quantitative estimate of drug-likeness (QED) is 0.716. The van der Waals surface area contributed by atoms with Gasteiger partial charge in [0.2, 0.25) is 0 Å². The summed E-state index contributed by atoms with van der Waals surface area (Å²) in [5.74, 6) is -0.167. The van der Waals surface area contributed by atoms with Gasteiger partial charge in [0, 0.05) is 0 Å². The van der Waals surface area contributed by atoms with Crippen LogP contribution in [0.1, 0.15) is 46.5 Å². The molecule has 1 unspecified atom stereocenters. The van der Waals surface area contributed by atoms with E-state index in [2.05, 4.69) is 4.74 Å². The van der Waals surface area contributed by atoms with Gasteiger partial charge in [-0.05, 0) is 24.2 Å². The number of rotatable bonds is 2. The molecule has 3 nitrogen and oxygen atoms in total. The summed E-state index contributed by atoms with van der Waals surface area (Å²) in [5.41, 5.74) is -1.13. The zero-order valence-electron chi connectivity index (χ0n) is 10.2. The van der Waals surface area contributed by atoms with Gasteiger partial charge in [-0.2, -0.15) is 0 Å². The van der Waals surface area contributed by atoms with E-state index in [9.17, 15) is 9.90 Å². The maximum Gasteiger partial charge on any atom is 0.308 e. The van der Waals surface area contributed by atoms with E-state index >= 15 is 0 Å². The topological polar surface area (TPSA) is 46.5 Å². The van der Waals surface area contributed by atoms with Crippen LogP contribution in [0.2, 0.25) is 0 Å². The second-order valence-corrected chi connectivity index (χ2v) is 5.35. The van der Waals surface area contributed by atoms with Gasteiger partial charge in [-0.25, -0.2) is 0 Å². The number of hydrogen-bond donors (Lipinski definition) is 1. The fourth-order valence-corrected chi connectivity index (χ4v) is 2.68. The summed E-state index contributed by atoms with van der Waals surface area (Å²) in [6.45, 7) is 6.08. The molecule has 1 rings (SSSR count). The van der Waals surface area contributed by atoms with Crippen molar-refractivity contribution in [3.8, 4) is 0 Å². The Hall–Kier alpha value is -0.570. The van der Waals surface area contributed by atoms with Crippen molar-refractivity contribution in [2.45, 2.75) is 52.1 Å². The molecule has 0 aromatic carbocycles. The van der Waals surface area contributed by atoms with Gasteiger partial charge in [-0.15, -0.1) is 0 Å². The molecule has 0 spiro atoms. The summed E-state index contributed by atoms with van der Waals surface area (Å²) in [4.78, 5) is 11.3. The number of hydrogen-bond acceptors (Lipinski definition) is 3. The minimum absolute atomic E-state index is 0.109. The predicted molar refractivity (Wildman–Crippen MR) is 58.4 cm³/mol. The van der Waals surface area contributed by atoms with Crippen LogP contribution >= 0.6 is 0 Å². The van der Waals surface area contributed by atoms with E-state index in [4.69, 9.17) is 0 Å². The number of carbonyl (C=O) groups excluding carboxylic acids is 1. The third kappa shape index (κ3) is 2.17. The fourth-order valence-electron chi connectivity index (χ4n) is 2.68. The van der Waals surface area contributed by atoms with Gasteiger partial charge < -0.3 is 9.84 Å². The maximum atomic E-state index is 11.3. The van der Waals surface area contributed by atoms with Gasteiger partial charge in [-0.1, -0.05) is 27.2 Å². The van der Waals surface area contributed by atoms with Crippen molar-refractivity contribution in [2.24, 2.45) is 11.3 Å². The molecule has 88 valence electrons. The normalized spacial score (nSPS) is 34.9. The van der Waals surface area contributed by atoms with Gasteiger partial charge in [0.15, 0.2) is 0 Å². The first-order valence-corrected chi connectivity index (χ1v) is 5.63. The first-order chi connectivity index (χ1) is 6.83. The smallest absolute Gasteiger partial charge is 0.308 e. The van der Waals surface area contributed by atoms with Crippen LogP contribution in [0.3, 0.4) is 0 Å². The summed E-state index contributed by atoms with van der Waals surface area (Å²) in [7, 11) is 1.37. The Morgan fingerprint density at radius 3 is 2.60 bits per heavy atom. The largest absolute Gasteiger partial charge is 0.469 e. The van der Waals surface area contributed by atoms with Crippen molar-refractivity contribution in [2.75, 3.05) is 7.11 Å². The molecule has 2 atom stereocenters. The van der Waals surface area contributed by atoms with Crippen molar-refractivity contribution in [1.29, 1.82) is 0 Å². The number of aliphatic hydroxyl groups is 1. The first-order valence-electron chi connectivity index (χ1n) is 5.63. The predicted octanol–water partition coefficient (Wildman–Crippen LogP) is 2.13. The second kappa shape index (κ2) is 4.12. The minimum atomic E-state index is -0.918. The van der Waals surface area contributed by atoms with Crippen LogP contribution in [0, 0.1) is 11.3 Å². The zero-order chi connectivity index (χ0) is 11.7. The van der Waals surface area contributed by atoms with Crippen molar-refractivity contribution >= 4 is 5.97 Å². The monoisotopic (exact) mass is 214 g/mol. The summed E-state index contributed by atoms with van der Waals surface area (Å²) >= 11 is 0. The van der Waals surface area contributed by atoms with Gasteiger partial charge in [-0.3, -0.25) is 4.79 Å². The third-order valence-electron chi connectivity index (χ3n) is 4.07. The van der Waals surface area contributed by atoms with E-state index in [1.54, 1.807) is 0 Å². The Morgan fingerprint density at radius 2 is 2.13 bits per heavy atom. The van der Waals surface area contributed by atoms with Crippen LogP contribution in [-0.4, -0.2) is 23.8 Å². The summed E-state index contributed by atoms with van der Waals surface area (Å²) in [5, 5.41) is 10.7. The Balaban J connectivity index is 2.88. The van der Waals surface area contributed by atoms with Crippen LogP contribution < -0.4 is 0 Å². The van der Waals surface area contributed by atoms with Crippen molar-refractivity contribution < 1.29 is 14.6 Å². The summed E-state index contributed by atoms with van der Waals surface area (Å²) in [6.07, 6.45) is 3.18. The summed E-state index contributed by atoms with van der Waals surface area (Å²) < 4.78 is 4.66. The minimum Gasteiger partial charge on any atom is -0.469 e. The van der Waals surface area contributed by atoms with Crippen molar-refractivity contribution in [1.82, 2.24) is 0 Å². The molecule has 0 saturated heterocycles. The van der Waals surface area contributed by atoms with Crippen molar-refractivity contribution in [3.63, 3.8) is 0 Å². The highest BCUT2D eigenvalue weighted by Crippen LogP contribution is 2.48. The molecule has 0 aliphatic heterocycles. The van der Waals surface area contributed by atoms with Crippen LogP contribution in [0.5, 0.6) is 0 Å². The molecule has 1 aliphatic rings. The molecule has 0 radical (unpaired) electrons. The molecule has 0 aromatic rings. The first kappa shape index (κ1) is 12.5. The van der Waals surface area contributed by atoms with E-state index < -0.39 is 5.60 Å². The Labute approximate surface area is 91.8 Å². The molecule has 1 fully saturated rings. The number of ether oxygens (including phenoxy) is 1. The molecule has 15 heavy (non-hydrogen) atoms. The van der Waals surface area contributed by atoms with Gasteiger partial charge in [0.25, 0.3) is 0 Å². The highest BCUT2D eigenvalue weighted by molar-refractivity contribution is 5.70. The number of esters is 1. The molecule has 0 amide bonds. The second-order valence-electron chi connectivity index (χ2n) is 5.35. The highest BCUT2D eigenvalue weighted by Gasteiger charge is 2.50. The van der Waals surface area contributed by atoms with E-state index in [1.807, 2.05) is 20.8 Å². The molecule has 0 aromatic heterocycles. The van der Waals surface area contributed by atoms with E-state index in [1.165, 1.54) is 7.11 Å². The Morgan fingerprint density at radius 1 is 1.53 bits per heavy atom. The molecule has 0 bridgehead atoms. The average Bonchev–Trinajstić information content (AvgIpc) is 2.14. The molecular formula is C12H22O3. The molecule has 0 heterocycles. The molecule has 3 heteroatoms.